The molecule has 2 rings (SSSR count). The van der Waals surface area contributed by atoms with Crippen molar-refractivity contribution in [2.24, 2.45) is 5.92 Å². The van der Waals surface area contributed by atoms with Gasteiger partial charge in [-0.05, 0) is 58.7 Å². The van der Waals surface area contributed by atoms with E-state index >= 15 is 0 Å². The van der Waals surface area contributed by atoms with Gasteiger partial charge < -0.3 is 10.1 Å². The Kier molecular flexibility index (Phi) is 7.86. The van der Waals surface area contributed by atoms with Gasteiger partial charge in [0.2, 0.25) is 0 Å². The molecule has 1 aliphatic rings. The van der Waals surface area contributed by atoms with E-state index in [2.05, 4.69) is 10.1 Å². The summed E-state index contributed by atoms with van der Waals surface area (Å²) in [7, 11) is -3.59. The van der Waals surface area contributed by atoms with E-state index in [9.17, 15) is 13.2 Å². The lowest BCUT2D eigenvalue weighted by Crippen LogP contribution is -2.17. The third kappa shape index (κ3) is 7.90. The molecule has 24 heavy (non-hydrogen) atoms. The van der Waals surface area contributed by atoms with Crippen LogP contribution in [0.15, 0.2) is 29.2 Å². The van der Waals surface area contributed by atoms with Gasteiger partial charge in [-0.3, -0.25) is 8.98 Å². The van der Waals surface area contributed by atoms with Crippen LogP contribution in [0.3, 0.4) is 0 Å². The zero-order chi connectivity index (χ0) is 18.2. The second kappa shape index (κ2) is 9.15. The quantitative estimate of drug-likeness (QED) is 0.643. The minimum Gasteiger partial charge on any atom is -0.462 e. The van der Waals surface area contributed by atoms with Gasteiger partial charge in [0.1, 0.15) is 5.60 Å². The molecule has 0 bridgehead atoms. The number of hydrogen-bond donors (Lipinski definition) is 1. The molecule has 0 aliphatic carbocycles. The maximum Gasteiger partial charge on any atom is 0.296 e. The first-order valence-corrected chi connectivity index (χ1v) is 9.33. The summed E-state index contributed by atoms with van der Waals surface area (Å²) in [4.78, 5) is 9.83. The average Bonchev–Trinajstić information content (AvgIpc) is 2.98. The fourth-order valence-corrected chi connectivity index (χ4v) is 2.94. The predicted octanol–water partition coefficient (Wildman–Crippen LogP) is 2.27. The normalized spacial score (nSPS) is 17.8. The van der Waals surface area contributed by atoms with Gasteiger partial charge in [-0.1, -0.05) is 17.7 Å². The molecule has 1 heterocycles. The lowest BCUT2D eigenvalue weighted by Gasteiger charge is -2.14. The van der Waals surface area contributed by atoms with Crippen molar-refractivity contribution in [3.63, 3.8) is 0 Å². The number of ether oxygens (including phenoxy) is 1. The van der Waals surface area contributed by atoms with Crippen molar-refractivity contribution >= 4 is 16.6 Å². The Hall–Kier alpha value is -1.44. The molecular weight excluding hydrogens is 330 g/mol. The molecule has 0 aromatic heterocycles. The van der Waals surface area contributed by atoms with Crippen molar-refractivity contribution in [3.05, 3.63) is 29.8 Å². The standard InChI is InChI=1S/C12H17NO3S.C5H10O2/c1-10-2-4-12(5-3-10)17(14,15)16-9-11-6-7-13-8-11;1-5(2,3)7-4-6/h2-5,11,13H,6-9H2,1H3;4H,1-3H3/t11-;/m0./s1. The maximum absolute atomic E-state index is 11.9. The van der Waals surface area contributed by atoms with E-state index in [1.54, 1.807) is 24.3 Å². The second-order valence-electron chi connectivity index (χ2n) is 6.74. The Bertz CT molecular complexity index is 599. The highest BCUT2D eigenvalue weighted by Gasteiger charge is 2.20. The monoisotopic (exact) mass is 357 g/mol. The molecule has 1 atom stereocenters. The SMILES string of the molecule is CC(C)(C)OC=O.Cc1ccc(S(=O)(=O)OC[C@H]2CCNC2)cc1. The number of aryl methyl sites for hydroxylation is 1. The fourth-order valence-electron chi connectivity index (χ4n) is 1.96. The Morgan fingerprint density at radius 2 is 1.88 bits per heavy atom. The second-order valence-corrected chi connectivity index (χ2v) is 8.35. The molecular formula is C17H27NO5S. The van der Waals surface area contributed by atoms with Gasteiger partial charge in [-0.2, -0.15) is 8.42 Å². The summed E-state index contributed by atoms with van der Waals surface area (Å²) >= 11 is 0. The third-order valence-electron chi connectivity index (χ3n) is 3.33. The van der Waals surface area contributed by atoms with Crippen molar-refractivity contribution in [1.82, 2.24) is 5.32 Å². The number of rotatable bonds is 5. The average molecular weight is 357 g/mol. The van der Waals surface area contributed by atoms with Crippen LogP contribution in [0.25, 0.3) is 0 Å². The van der Waals surface area contributed by atoms with Gasteiger partial charge in [0.25, 0.3) is 16.6 Å². The van der Waals surface area contributed by atoms with E-state index in [0.717, 1.165) is 25.1 Å². The van der Waals surface area contributed by atoms with Gasteiger partial charge in [0.05, 0.1) is 11.5 Å². The largest absolute Gasteiger partial charge is 0.462 e. The Balaban J connectivity index is 0.000000351. The van der Waals surface area contributed by atoms with Crippen molar-refractivity contribution in [1.29, 1.82) is 0 Å². The van der Waals surface area contributed by atoms with Crippen molar-refractivity contribution in [2.45, 2.75) is 44.6 Å². The number of carbonyl (C=O) groups is 1. The minimum atomic E-state index is -3.59. The van der Waals surface area contributed by atoms with Crippen LogP contribution in [0.4, 0.5) is 0 Å². The highest BCUT2D eigenvalue weighted by atomic mass is 32.2. The predicted molar refractivity (Wildman–Crippen MR) is 92.2 cm³/mol. The fraction of sp³-hybridized carbons (Fsp3) is 0.588. The molecule has 0 unspecified atom stereocenters. The van der Waals surface area contributed by atoms with Crippen molar-refractivity contribution in [3.8, 4) is 0 Å². The van der Waals surface area contributed by atoms with E-state index in [-0.39, 0.29) is 17.1 Å². The van der Waals surface area contributed by atoms with E-state index in [1.807, 2.05) is 27.7 Å². The number of benzene rings is 1. The Morgan fingerprint density at radius 3 is 2.29 bits per heavy atom. The van der Waals surface area contributed by atoms with E-state index in [1.165, 1.54) is 0 Å². The maximum atomic E-state index is 11.9. The van der Waals surface area contributed by atoms with Crippen LogP contribution < -0.4 is 5.32 Å². The summed E-state index contributed by atoms with van der Waals surface area (Å²) in [6.45, 7) is 9.89. The summed E-state index contributed by atoms with van der Waals surface area (Å²) in [5, 5.41) is 3.18. The van der Waals surface area contributed by atoms with Gasteiger partial charge >= 0.3 is 0 Å². The summed E-state index contributed by atoms with van der Waals surface area (Å²) in [5.41, 5.74) is 0.714. The molecule has 0 amide bonds. The first kappa shape index (κ1) is 20.6. The van der Waals surface area contributed by atoms with E-state index in [0.29, 0.717) is 12.4 Å². The lowest BCUT2D eigenvalue weighted by atomic mass is 10.1. The Morgan fingerprint density at radius 1 is 1.25 bits per heavy atom. The molecule has 1 fully saturated rings. The van der Waals surface area contributed by atoms with Crippen LogP contribution in [0.1, 0.15) is 32.8 Å². The molecule has 1 aromatic rings. The lowest BCUT2D eigenvalue weighted by molar-refractivity contribution is -0.138. The van der Waals surface area contributed by atoms with Crippen molar-refractivity contribution < 1.29 is 22.1 Å². The number of nitrogens with one attached hydrogen (secondary N) is 1. The van der Waals surface area contributed by atoms with Crippen LogP contribution in [-0.4, -0.2) is 40.2 Å². The summed E-state index contributed by atoms with van der Waals surface area (Å²) in [6.07, 6.45) is 0.976. The summed E-state index contributed by atoms with van der Waals surface area (Å²) < 4.78 is 33.3. The van der Waals surface area contributed by atoms with Gasteiger partial charge in [-0.15, -0.1) is 0 Å². The molecule has 1 N–H and O–H groups in total. The molecule has 7 heteroatoms. The smallest absolute Gasteiger partial charge is 0.296 e. The van der Waals surface area contributed by atoms with Gasteiger partial charge in [0, 0.05) is 6.54 Å². The molecule has 1 aliphatic heterocycles. The van der Waals surface area contributed by atoms with Crippen LogP contribution >= 0.6 is 0 Å². The Labute approximate surface area is 144 Å². The van der Waals surface area contributed by atoms with Crippen LogP contribution in [0.5, 0.6) is 0 Å². The summed E-state index contributed by atoms with van der Waals surface area (Å²) in [6, 6.07) is 6.70. The zero-order valence-electron chi connectivity index (χ0n) is 14.7. The highest BCUT2D eigenvalue weighted by molar-refractivity contribution is 7.86. The van der Waals surface area contributed by atoms with E-state index in [4.69, 9.17) is 4.18 Å². The summed E-state index contributed by atoms with van der Waals surface area (Å²) in [5.74, 6) is 0.301. The number of hydrogen-bond acceptors (Lipinski definition) is 6. The highest BCUT2D eigenvalue weighted by Crippen LogP contribution is 2.16. The van der Waals surface area contributed by atoms with Crippen LogP contribution in [-0.2, 0) is 23.8 Å². The van der Waals surface area contributed by atoms with Crippen LogP contribution in [0.2, 0.25) is 0 Å². The molecule has 136 valence electrons. The van der Waals surface area contributed by atoms with E-state index < -0.39 is 10.1 Å². The first-order valence-electron chi connectivity index (χ1n) is 7.92. The molecule has 1 saturated heterocycles. The van der Waals surface area contributed by atoms with Gasteiger partial charge in [-0.25, -0.2) is 0 Å². The van der Waals surface area contributed by atoms with Crippen molar-refractivity contribution in [2.75, 3.05) is 19.7 Å². The van der Waals surface area contributed by atoms with Crippen LogP contribution in [0, 0.1) is 12.8 Å². The molecule has 6 nitrogen and oxygen atoms in total. The first-order chi connectivity index (χ1) is 11.1. The third-order valence-corrected chi connectivity index (χ3v) is 4.63. The molecule has 1 aromatic carbocycles. The molecule has 0 saturated carbocycles. The van der Waals surface area contributed by atoms with Gasteiger partial charge in [0.15, 0.2) is 0 Å². The minimum absolute atomic E-state index is 0.231. The molecule has 0 radical (unpaired) electrons. The zero-order valence-corrected chi connectivity index (χ0v) is 15.6. The topological polar surface area (TPSA) is 81.7 Å². The molecule has 0 spiro atoms. The number of carbonyl (C=O) groups excluding carboxylic acids is 1.